The molecule has 0 saturated carbocycles. The number of carbonyl (C=O) groups is 1. The second-order valence-electron chi connectivity index (χ2n) is 5.40. The standard InChI is InChI=1S/C15H19N3O2S2/c1-2-18-14(20)12-9-5-3-4-6-10(9)22-13(12)17-15(18)21-8-7-11(16)19/h2-8H2,1H3,(H2,16,19). The highest BCUT2D eigenvalue weighted by Gasteiger charge is 2.21. The molecule has 22 heavy (non-hydrogen) atoms. The number of aryl methyl sites for hydroxylation is 2. The number of nitrogens with zero attached hydrogens (tertiary/aromatic N) is 2. The predicted molar refractivity (Wildman–Crippen MR) is 90.7 cm³/mol. The van der Waals surface area contributed by atoms with Crippen LogP contribution in [0.1, 0.15) is 36.6 Å². The second-order valence-corrected chi connectivity index (χ2v) is 7.55. The van der Waals surface area contributed by atoms with Crippen molar-refractivity contribution in [3.8, 4) is 0 Å². The summed E-state index contributed by atoms with van der Waals surface area (Å²) < 4.78 is 1.72. The van der Waals surface area contributed by atoms with Crippen LogP contribution in [0.5, 0.6) is 0 Å². The minimum atomic E-state index is -0.328. The highest BCUT2D eigenvalue weighted by atomic mass is 32.2. The van der Waals surface area contributed by atoms with Crippen molar-refractivity contribution in [2.45, 2.75) is 50.7 Å². The van der Waals surface area contributed by atoms with Gasteiger partial charge in [-0.15, -0.1) is 11.3 Å². The van der Waals surface area contributed by atoms with Gasteiger partial charge in [0.2, 0.25) is 5.91 Å². The van der Waals surface area contributed by atoms with Crippen LogP contribution in [0.3, 0.4) is 0 Å². The maximum absolute atomic E-state index is 12.8. The van der Waals surface area contributed by atoms with Gasteiger partial charge in [0.15, 0.2) is 5.16 Å². The van der Waals surface area contributed by atoms with Crippen molar-refractivity contribution in [1.82, 2.24) is 9.55 Å². The molecule has 2 heterocycles. The minimum absolute atomic E-state index is 0.0634. The number of nitrogens with two attached hydrogens (primary N) is 1. The van der Waals surface area contributed by atoms with Crippen molar-refractivity contribution in [3.05, 3.63) is 20.8 Å². The maximum atomic E-state index is 12.8. The smallest absolute Gasteiger partial charge is 0.263 e. The van der Waals surface area contributed by atoms with Crippen molar-refractivity contribution in [3.63, 3.8) is 0 Å². The molecule has 0 saturated heterocycles. The van der Waals surface area contributed by atoms with Gasteiger partial charge in [-0.25, -0.2) is 4.98 Å². The number of primary amides is 1. The second kappa shape index (κ2) is 6.42. The SMILES string of the molecule is CCn1c(SCCC(N)=O)nc2sc3c(c2c1=O)CCCC3. The first kappa shape index (κ1) is 15.6. The molecule has 0 spiro atoms. The molecule has 2 aromatic heterocycles. The Kier molecular flexibility index (Phi) is 4.54. The number of hydrogen-bond acceptors (Lipinski definition) is 5. The van der Waals surface area contributed by atoms with E-state index in [0.717, 1.165) is 29.5 Å². The van der Waals surface area contributed by atoms with Gasteiger partial charge in [-0.05, 0) is 38.2 Å². The molecule has 3 rings (SSSR count). The third-order valence-corrected chi connectivity index (χ3v) is 6.10. The molecule has 2 N–H and O–H groups in total. The number of carbonyl (C=O) groups excluding carboxylic acids is 1. The number of thioether (sulfide) groups is 1. The highest BCUT2D eigenvalue weighted by Crippen LogP contribution is 2.34. The van der Waals surface area contributed by atoms with Crippen molar-refractivity contribution >= 4 is 39.2 Å². The molecule has 1 amide bonds. The van der Waals surface area contributed by atoms with Gasteiger partial charge < -0.3 is 5.73 Å². The summed E-state index contributed by atoms with van der Waals surface area (Å²) in [5.74, 6) is 0.226. The van der Waals surface area contributed by atoms with Gasteiger partial charge in [0, 0.05) is 23.6 Å². The van der Waals surface area contributed by atoms with Gasteiger partial charge in [-0.1, -0.05) is 11.8 Å². The van der Waals surface area contributed by atoms with Crippen molar-refractivity contribution in [2.75, 3.05) is 5.75 Å². The maximum Gasteiger partial charge on any atom is 0.263 e. The average Bonchev–Trinajstić information content (AvgIpc) is 2.85. The summed E-state index contributed by atoms with van der Waals surface area (Å²) in [6, 6.07) is 0. The Morgan fingerprint density at radius 1 is 1.41 bits per heavy atom. The van der Waals surface area contributed by atoms with Crippen LogP contribution in [0.15, 0.2) is 9.95 Å². The molecule has 1 aliphatic rings. The molecular weight excluding hydrogens is 318 g/mol. The van der Waals surface area contributed by atoms with E-state index in [1.165, 1.54) is 28.6 Å². The quantitative estimate of drug-likeness (QED) is 0.671. The summed E-state index contributed by atoms with van der Waals surface area (Å²) >= 11 is 3.09. The first-order chi connectivity index (χ1) is 10.6. The Balaban J connectivity index is 2.06. The lowest BCUT2D eigenvalue weighted by Crippen LogP contribution is -2.23. The Labute approximate surface area is 136 Å². The molecule has 2 aromatic rings. The van der Waals surface area contributed by atoms with Crippen LogP contribution in [0.4, 0.5) is 0 Å². The Bertz CT molecular complexity index is 779. The average molecular weight is 337 g/mol. The van der Waals surface area contributed by atoms with Crippen LogP contribution in [-0.2, 0) is 24.2 Å². The van der Waals surface area contributed by atoms with Gasteiger partial charge in [0.1, 0.15) is 4.83 Å². The summed E-state index contributed by atoms with van der Waals surface area (Å²) in [6.45, 7) is 2.54. The van der Waals surface area contributed by atoms with Gasteiger partial charge in [0.25, 0.3) is 5.56 Å². The lowest BCUT2D eigenvalue weighted by atomic mass is 9.97. The van der Waals surface area contributed by atoms with Crippen molar-refractivity contribution in [2.24, 2.45) is 5.73 Å². The van der Waals surface area contributed by atoms with E-state index in [1.807, 2.05) is 6.92 Å². The Morgan fingerprint density at radius 3 is 2.91 bits per heavy atom. The molecular formula is C15H19N3O2S2. The third-order valence-electron chi connectivity index (χ3n) is 3.94. The molecule has 0 unspecified atom stereocenters. The molecule has 0 bridgehead atoms. The molecule has 0 aromatic carbocycles. The van der Waals surface area contributed by atoms with Gasteiger partial charge in [-0.3, -0.25) is 14.2 Å². The van der Waals surface area contributed by atoms with Crippen molar-refractivity contribution < 1.29 is 4.79 Å². The monoisotopic (exact) mass is 337 g/mol. The number of amides is 1. The Hall–Kier alpha value is -1.34. The molecule has 118 valence electrons. The summed E-state index contributed by atoms with van der Waals surface area (Å²) in [5, 5.41) is 1.51. The number of hydrogen-bond donors (Lipinski definition) is 1. The predicted octanol–water partition coefficient (Wildman–Crippen LogP) is 2.32. The normalized spacial score (nSPS) is 14.2. The number of thiophene rings is 1. The zero-order chi connectivity index (χ0) is 15.7. The van der Waals surface area contributed by atoms with Crippen LogP contribution in [-0.4, -0.2) is 21.2 Å². The summed E-state index contributed by atoms with van der Waals surface area (Å²) in [5.41, 5.74) is 6.46. The fourth-order valence-corrected chi connectivity index (χ4v) is 5.17. The highest BCUT2D eigenvalue weighted by molar-refractivity contribution is 7.99. The first-order valence-electron chi connectivity index (χ1n) is 7.58. The van der Waals surface area contributed by atoms with E-state index in [1.54, 1.807) is 15.9 Å². The Morgan fingerprint density at radius 2 is 2.18 bits per heavy atom. The molecule has 7 heteroatoms. The van der Waals surface area contributed by atoms with E-state index in [-0.39, 0.29) is 11.5 Å². The fraction of sp³-hybridized carbons (Fsp3) is 0.533. The zero-order valence-corrected chi connectivity index (χ0v) is 14.2. The fourth-order valence-electron chi connectivity index (χ4n) is 2.85. The van der Waals surface area contributed by atoms with E-state index in [4.69, 9.17) is 10.7 Å². The molecule has 0 fully saturated rings. The van der Waals surface area contributed by atoms with Crippen molar-refractivity contribution in [1.29, 1.82) is 0 Å². The van der Waals surface area contributed by atoms with Crippen LogP contribution in [0.25, 0.3) is 10.2 Å². The molecule has 0 atom stereocenters. The zero-order valence-electron chi connectivity index (χ0n) is 12.6. The molecule has 0 aliphatic heterocycles. The summed E-state index contributed by atoms with van der Waals surface area (Å²) in [7, 11) is 0. The van der Waals surface area contributed by atoms with Crippen LogP contribution >= 0.6 is 23.1 Å². The van der Waals surface area contributed by atoms with E-state index < -0.39 is 0 Å². The van der Waals surface area contributed by atoms with Crippen LogP contribution < -0.4 is 11.3 Å². The molecule has 0 radical (unpaired) electrons. The topological polar surface area (TPSA) is 78.0 Å². The first-order valence-corrected chi connectivity index (χ1v) is 9.38. The third kappa shape index (κ3) is 2.79. The largest absolute Gasteiger partial charge is 0.370 e. The number of aromatic nitrogens is 2. The van der Waals surface area contributed by atoms with Gasteiger partial charge >= 0.3 is 0 Å². The molecule has 5 nitrogen and oxygen atoms in total. The molecule has 1 aliphatic carbocycles. The van der Waals surface area contributed by atoms with Crippen LogP contribution in [0, 0.1) is 0 Å². The lowest BCUT2D eigenvalue weighted by Gasteiger charge is -2.12. The number of rotatable bonds is 5. The van der Waals surface area contributed by atoms with E-state index in [0.29, 0.717) is 23.9 Å². The van der Waals surface area contributed by atoms with E-state index in [2.05, 4.69) is 0 Å². The lowest BCUT2D eigenvalue weighted by molar-refractivity contribution is -0.117. The van der Waals surface area contributed by atoms with E-state index >= 15 is 0 Å². The van der Waals surface area contributed by atoms with Gasteiger partial charge in [0.05, 0.1) is 5.39 Å². The van der Waals surface area contributed by atoms with Gasteiger partial charge in [-0.2, -0.15) is 0 Å². The van der Waals surface area contributed by atoms with Crippen LogP contribution in [0.2, 0.25) is 0 Å². The summed E-state index contributed by atoms with van der Waals surface area (Å²) in [6.07, 6.45) is 4.70. The number of fused-ring (bicyclic) bond motifs is 3. The van der Waals surface area contributed by atoms with E-state index in [9.17, 15) is 9.59 Å². The minimum Gasteiger partial charge on any atom is -0.370 e. The summed E-state index contributed by atoms with van der Waals surface area (Å²) in [4.78, 5) is 30.6.